The number of carbonyl (C=O) groups is 1. The van der Waals surface area contributed by atoms with Crippen molar-refractivity contribution in [3.05, 3.63) is 21.3 Å². The van der Waals surface area contributed by atoms with Crippen molar-refractivity contribution in [2.24, 2.45) is 5.73 Å². The Labute approximate surface area is 140 Å². The second kappa shape index (κ2) is 8.09. The van der Waals surface area contributed by atoms with E-state index in [-0.39, 0.29) is 24.4 Å². The summed E-state index contributed by atoms with van der Waals surface area (Å²) in [6, 6.07) is 2.06. The average molecular weight is 397 g/mol. The van der Waals surface area contributed by atoms with Crippen LogP contribution in [0.5, 0.6) is 0 Å². The molecule has 1 amide bonds. The number of hydrogen-bond donors (Lipinski definition) is 2. The largest absolute Gasteiger partial charge is 0.328 e. The van der Waals surface area contributed by atoms with Crippen molar-refractivity contribution in [1.29, 1.82) is 0 Å². The first-order chi connectivity index (χ1) is 9.04. The number of carbonyl (C=O) groups excluding carboxylic acids is 1. The van der Waals surface area contributed by atoms with Crippen LogP contribution in [-0.2, 0) is 4.79 Å². The van der Waals surface area contributed by atoms with Gasteiger partial charge in [-0.1, -0.05) is 0 Å². The van der Waals surface area contributed by atoms with Crippen LogP contribution < -0.4 is 11.1 Å². The minimum atomic E-state index is -0.0365. The van der Waals surface area contributed by atoms with Gasteiger partial charge in [0.2, 0.25) is 5.91 Å². The number of hydrogen-bond acceptors (Lipinski definition) is 5. The van der Waals surface area contributed by atoms with E-state index in [4.69, 9.17) is 5.73 Å². The van der Waals surface area contributed by atoms with Gasteiger partial charge in [-0.05, 0) is 35.3 Å². The van der Waals surface area contributed by atoms with Gasteiger partial charge < -0.3 is 11.1 Å². The average Bonchev–Trinajstić information content (AvgIpc) is 2.95. The van der Waals surface area contributed by atoms with Crippen molar-refractivity contribution >= 4 is 62.0 Å². The molecular formula is C12H15BrClN3OS2. The number of anilines is 1. The van der Waals surface area contributed by atoms with Crippen LogP contribution in [0.15, 0.2) is 21.3 Å². The van der Waals surface area contributed by atoms with E-state index >= 15 is 0 Å². The Morgan fingerprint density at radius 2 is 2.25 bits per heavy atom. The number of aromatic nitrogens is 1. The number of thiophene rings is 1. The summed E-state index contributed by atoms with van der Waals surface area (Å²) in [6.07, 6.45) is 1.11. The minimum absolute atomic E-state index is 0. The van der Waals surface area contributed by atoms with E-state index in [1.807, 2.05) is 23.8 Å². The van der Waals surface area contributed by atoms with Crippen LogP contribution in [-0.4, -0.2) is 16.9 Å². The predicted molar refractivity (Wildman–Crippen MR) is 91.9 cm³/mol. The van der Waals surface area contributed by atoms with Crippen LogP contribution in [0.2, 0.25) is 0 Å². The molecule has 0 aliphatic carbocycles. The maximum Gasteiger partial charge on any atom is 0.226 e. The first-order valence-electron chi connectivity index (χ1n) is 5.80. The Hall–Kier alpha value is -0.470. The lowest BCUT2D eigenvalue weighted by atomic mass is 10.2. The maximum absolute atomic E-state index is 11.7. The van der Waals surface area contributed by atoms with Gasteiger partial charge in [-0.15, -0.1) is 35.1 Å². The molecular weight excluding hydrogens is 382 g/mol. The van der Waals surface area contributed by atoms with E-state index in [1.54, 1.807) is 11.3 Å². The molecule has 0 bridgehead atoms. The number of thiazole rings is 1. The third kappa shape index (κ3) is 5.14. The zero-order valence-corrected chi connectivity index (χ0v) is 14.8. The molecule has 2 heterocycles. The van der Waals surface area contributed by atoms with E-state index < -0.39 is 0 Å². The predicted octanol–water partition coefficient (Wildman–Crippen LogP) is 4.12. The first-order valence-corrected chi connectivity index (χ1v) is 8.35. The fourth-order valence-corrected chi connectivity index (χ4v) is 3.62. The molecule has 0 fully saturated rings. The Balaban J connectivity index is 0.00000200. The molecule has 1 atom stereocenters. The molecule has 2 aromatic heterocycles. The summed E-state index contributed by atoms with van der Waals surface area (Å²) in [4.78, 5) is 17.2. The summed E-state index contributed by atoms with van der Waals surface area (Å²) in [6.45, 7) is 1.89. The second-order valence-corrected chi connectivity index (χ2v) is 6.92. The van der Waals surface area contributed by atoms with Crippen LogP contribution in [0.1, 0.15) is 19.8 Å². The smallest absolute Gasteiger partial charge is 0.226 e. The van der Waals surface area contributed by atoms with Crippen LogP contribution in [0.3, 0.4) is 0 Å². The Morgan fingerprint density at radius 3 is 2.85 bits per heavy atom. The molecule has 20 heavy (non-hydrogen) atoms. The molecule has 110 valence electrons. The highest BCUT2D eigenvalue weighted by Crippen LogP contribution is 2.31. The van der Waals surface area contributed by atoms with E-state index in [1.165, 1.54) is 11.3 Å². The third-order valence-electron chi connectivity index (χ3n) is 2.40. The Kier molecular flexibility index (Phi) is 7.11. The number of halogens is 2. The fraction of sp³-hybridized carbons (Fsp3) is 0.333. The zero-order valence-electron chi connectivity index (χ0n) is 10.8. The monoisotopic (exact) mass is 395 g/mol. The molecule has 0 aliphatic rings. The standard InChI is InChI=1S/C12H14BrN3OS2.ClH/c1-7(14)2-3-11(17)16-12-15-9(6-19-12)10-4-8(13)5-18-10;/h4-7H,2-3,14H2,1H3,(H,15,16,17);1H. The van der Waals surface area contributed by atoms with Gasteiger partial charge in [0.25, 0.3) is 0 Å². The molecule has 8 heteroatoms. The molecule has 0 aliphatic heterocycles. The quantitative estimate of drug-likeness (QED) is 0.798. The molecule has 3 N–H and O–H groups in total. The summed E-state index contributed by atoms with van der Waals surface area (Å²) >= 11 is 6.47. The zero-order chi connectivity index (χ0) is 13.8. The van der Waals surface area contributed by atoms with Gasteiger partial charge in [0.05, 0.1) is 10.6 Å². The van der Waals surface area contributed by atoms with Crippen molar-refractivity contribution in [3.8, 4) is 10.6 Å². The Bertz CT molecular complexity index is 571. The highest BCUT2D eigenvalue weighted by atomic mass is 79.9. The molecule has 2 aromatic rings. The van der Waals surface area contributed by atoms with Gasteiger partial charge in [-0.25, -0.2) is 4.98 Å². The highest BCUT2D eigenvalue weighted by molar-refractivity contribution is 9.10. The van der Waals surface area contributed by atoms with Crippen LogP contribution in [0, 0.1) is 0 Å². The van der Waals surface area contributed by atoms with Gasteiger partial charge >= 0.3 is 0 Å². The molecule has 4 nitrogen and oxygen atoms in total. The number of rotatable bonds is 5. The highest BCUT2D eigenvalue weighted by Gasteiger charge is 2.10. The van der Waals surface area contributed by atoms with Crippen molar-refractivity contribution in [2.75, 3.05) is 5.32 Å². The number of amides is 1. The number of nitrogens with zero attached hydrogens (tertiary/aromatic N) is 1. The summed E-state index contributed by atoms with van der Waals surface area (Å²) in [5.41, 5.74) is 6.51. The lowest BCUT2D eigenvalue weighted by molar-refractivity contribution is -0.116. The van der Waals surface area contributed by atoms with E-state index in [0.717, 1.165) is 15.0 Å². The van der Waals surface area contributed by atoms with Crippen molar-refractivity contribution < 1.29 is 4.79 Å². The summed E-state index contributed by atoms with van der Waals surface area (Å²) in [5, 5.41) is 7.39. The van der Waals surface area contributed by atoms with Gasteiger partial charge in [-0.2, -0.15) is 0 Å². The summed E-state index contributed by atoms with van der Waals surface area (Å²) in [7, 11) is 0. The van der Waals surface area contributed by atoms with Crippen LogP contribution in [0.25, 0.3) is 10.6 Å². The van der Waals surface area contributed by atoms with Crippen molar-refractivity contribution in [2.45, 2.75) is 25.8 Å². The molecule has 0 saturated heterocycles. The topological polar surface area (TPSA) is 68.0 Å². The third-order valence-corrected chi connectivity index (χ3v) is 4.87. The van der Waals surface area contributed by atoms with E-state index in [2.05, 4.69) is 26.2 Å². The van der Waals surface area contributed by atoms with E-state index in [9.17, 15) is 4.79 Å². The van der Waals surface area contributed by atoms with Gasteiger partial charge in [0.1, 0.15) is 0 Å². The molecule has 0 saturated carbocycles. The van der Waals surface area contributed by atoms with Gasteiger partial charge in [0, 0.05) is 27.7 Å². The maximum atomic E-state index is 11.7. The second-order valence-electron chi connectivity index (χ2n) is 4.23. The molecule has 2 rings (SSSR count). The summed E-state index contributed by atoms with van der Waals surface area (Å²) in [5.74, 6) is -0.0365. The van der Waals surface area contributed by atoms with Crippen molar-refractivity contribution in [1.82, 2.24) is 4.98 Å². The first kappa shape index (κ1) is 17.6. The summed E-state index contributed by atoms with van der Waals surface area (Å²) < 4.78 is 1.04. The minimum Gasteiger partial charge on any atom is -0.328 e. The van der Waals surface area contributed by atoms with Crippen LogP contribution >= 0.6 is 51.0 Å². The normalized spacial score (nSPS) is 11.8. The Morgan fingerprint density at radius 1 is 1.50 bits per heavy atom. The van der Waals surface area contributed by atoms with Crippen molar-refractivity contribution in [3.63, 3.8) is 0 Å². The lowest BCUT2D eigenvalue weighted by Gasteiger charge is -2.04. The fourth-order valence-electron chi connectivity index (χ4n) is 1.43. The van der Waals surface area contributed by atoms with Gasteiger partial charge in [0.15, 0.2) is 5.13 Å². The number of nitrogens with one attached hydrogen (secondary N) is 1. The molecule has 0 spiro atoms. The SMILES string of the molecule is CC(N)CCC(=O)Nc1nc(-c2cc(Br)cs2)cs1.Cl. The van der Waals surface area contributed by atoms with E-state index in [0.29, 0.717) is 18.0 Å². The van der Waals surface area contributed by atoms with Crippen LogP contribution in [0.4, 0.5) is 5.13 Å². The molecule has 1 unspecified atom stereocenters. The lowest BCUT2D eigenvalue weighted by Crippen LogP contribution is -2.19. The molecule has 0 aromatic carbocycles. The number of nitrogens with two attached hydrogens (primary N) is 1. The molecule has 0 radical (unpaired) electrons. The van der Waals surface area contributed by atoms with Gasteiger partial charge in [-0.3, -0.25) is 4.79 Å².